The Kier molecular flexibility index (Phi) is 5.28. The predicted molar refractivity (Wildman–Crippen MR) is 96.2 cm³/mol. The van der Waals surface area contributed by atoms with E-state index in [1.807, 2.05) is 12.1 Å². The van der Waals surface area contributed by atoms with Crippen LogP contribution in [0.25, 0.3) is 0 Å². The molecule has 1 aromatic heterocycles. The Hall–Kier alpha value is -2.47. The number of piperidine rings is 1. The van der Waals surface area contributed by atoms with Gasteiger partial charge in [0.1, 0.15) is 5.82 Å². The Balaban J connectivity index is 1.63. The molecular weight excluding hydrogens is 316 g/mol. The third-order valence-electron chi connectivity index (χ3n) is 4.80. The molecule has 3 N–H and O–H groups in total. The Labute approximate surface area is 147 Å². The van der Waals surface area contributed by atoms with Crippen LogP contribution in [0.1, 0.15) is 35.6 Å². The topological polar surface area (TPSA) is 92.3 Å². The van der Waals surface area contributed by atoms with Crippen LogP contribution in [0.3, 0.4) is 0 Å². The minimum Gasteiger partial charge on any atom is -0.504 e. The van der Waals surface area contributed by atoms with Crippen LogP contribution in [0.2, 0.25) is 0 Å². The molecule has 1 fully saturated rings. The van der Waals surface area contributed by atoms with Crippen LogP contribution in [0, 0.1) is 12.8 Å². The van der Waals surface area contributed by atoms with Gasteiger partial charge in [-0.2, -0.15) is 0 Å². The molecule has 1 aliphatic heterocycles. The van der Waals surface area contributed by atoms with Gasteiger partial charge in [0, 0.05) is 31.7 Å². The highest BCUT2D eigenvalue weighted by molar-refractivity contribution is 5.76. The van der Waals surface area contributed by atoms with Gasteiger partial charge < -0.3 is 15.7 Å². The molecule has 6 nitrogen and oxygen atoms in total. The highest BCUT2D eigenvalue weighted by Crippen LogP contribution is 2.26. The molecule has 0 bridgehead atoms. The standard InChI is InChI=1S/C19H23N4O2/c1-13-19(25)17(12-24)22-18(21-13)10-14-5-7-23(8-6-14)16-4-2-3-15(9-16)11-20/h2-4,9,14,25H,5-8,10-11,20H2,1H3. The summed E-state index contributed by atoms with van der Waals surface area (Å²) in [6, 6.07) is 8.37. The number of benzene rings is 1. The lowest BCUT2D eigenvalue weighted by atomic mass is 9.92. The van der Waals surface area contributed by atoms with Crippen molar-refractivity contribution in [3.63, 3.8) is 0 Å². The Morgan fingerprint density at radius 3 is 2.76 bits per heavy atom. The number of anilines is 1. The highest BCUT2D eigenvalue weighted by Gasteiger charge is 2.22. The van der Waals surface area contributed by atoms with Crippen molar-refractivity contribution in [1.29, 1.82) is 0 Å². The van der Waals surface area contributed by atoms with Crippen molar-refractivity contribution in [2.45, 2.75) is 32.7 Å². The van der Waals surface area contributed by atoms with Gasteiger partial charge in [0.05, 0.1) is 5.69 Å². The molecule has 25 heavy (non-hydrogen) atoms. The van der Waals surface area contributed by atoms with Gasteiger partial charge in [-0.1, -0.05) is 12.1 Å². The van der Waals surface area contributed by atoms with Crippen molar-refractivity contribution in [3.05, 3.63) is 47.0 Å². The van der Waals surface area contributed by atoms with Crippen LogP contribution in [-0.4, -0.2) is 34.5 Å². The number of hydrogen-bond acceptors (Lipinski definition) is 6. The smallest absolute Gasteiger partial charge is 0.257 e. The lowest BCUT2D eigenvalue weighted by molar-refractivity contribution is 0.394. The highest BCUT2D eigenvalue weighted by atomic mass is 16.3. The summed E-state index contributed by atoms with van der Waals surface area (Å²) in [5, 5.41) is 9.73. The van der Waals surface area contributed by atoms with E-state index in [1.165, 1.54) is 5.69 Å². The second-order valence-electron chi connectivity index (χ2n) is 6.53. The SMILES string of the molecule is Cc1nc(CC2CCN(c3cccc(CN)c3)CC2)nc([C]=O)c1O. The first kappa shape index (κ1) is 17.4. The van der Waals surface area contributed by atoms with Crippen molar-refractivity contribution >= 4 is 12.0 Å². The summed E-state index contributed by atoms with van der Waals surface area (Å²) in [4.78, 5) is 21.7. The second kappa shape index (κ2) is 7.61. The van der Waals surface area contributed by atoms with E-state index in [0.29, 0.717) is 30.4 Å². The normalized spacial score (nSPS) is 15.4. The Bertz CT molecular complexity index is 755. The van der Waals surface area contributed by atoms with Crippen molar-refractivity contribution in [2.24, 2.45) is 11.7 Å². The van der Waals surface area contributed by atoms with Crippen molar-refractivity contribution in [2.75, 3.05) is 18.0 Å². The van der Waals surface area contributed by atoms with E-state index >= 15 is 0 Å². The fourth-order valence-corrected chi connectivity index (χ4v) is 3.32. The van der Waals surface area contributed by atoms with E-state index in [-0.39, 0.29) is 11.4 Å². The molecule has 0 spiro atoms. The molecule has 0 unspecified atom stereocenters. The summed E-state index contributed by atoms with van der Waals surface area (Å²) in [7, 11) is 0. The molecule has 0 amide bonds. The fraction of sp³-hybridized carbons (Fsp3) is 0.421. The lowest BCUT2D eigenvalue weighted by Gasteiger charge is -2.33. The van der Waals surface area contributed by atoms with Crippen LogP contribution in [0.5, 0.6) is 5.75 Å². The number of aryl methyl sites for hydroxylation is 1. The van der Waals surface area contributed by atoms with Crippen LogP contribution in [0.4, 0.5) is 5.69 Å². The van der Waals surface area contributed by atoms with E-state index in [9.17, 15) is 9.90 Å². The molecule has 3 rings (SSSR count). The summed E-state index contributed by atoms with van der Waals surface area (Å²) in [5.41, 5.74) is 8.47. The van der Waals surface area contributed by atoms with Crippen LogP contribution in [-0.2, 0) is 17.8 Å². The van der Waals surface area contributed by atoms with Crippen LogP contribution in [0.15, 0.2) is 24.3 Å². The first-order chi connectivity index (χ1) is 12.1. The first-order valence-corrected chi connectivity index (χ1v) is 8.59. The molecule has 131 valence electrons. The summed E-state index contributed by atoms with van der Waals surface area (Å²) in [6.07, 6.45) is 4.47. The number of nitrogens with zero attached hydrogens (tertiary/aromatic N) is 3. The average molecular weight is 339 g/mol. The molecule has 0 aliphatic carbocycles. The van der Waals surface area contributed by atoms with Gasteiger partial charge in [0.2, 0.25) is 0 Å². The average Bonchev–Trinajstić information content (AvgIpc) is 2.65. The van der Waals surface area contributed by atoms with Crippen LogP contribution >= 0.6 is 0 Å². The largest absolute Gasteiger partial charge is 0.504 e. The monoisotopic (exact) mass is 339 g/mol. The van der Waals surface area contributed by atoms with Gasteiger partial charge in [-0.3, -0.25) is 4.79 Å². The van der Waals surface area contributed by atoms with Crippen LogP contribution < -0.4 is 10.6 Å². The molecule has 2 aromatic rings. The zero-order chi connectivity index (χ0) is 17.8. The number of hydrogen-bond donors (Lipinski definition) is 2. The predicted octanol–water partition coefficient (Wildman–Crippen LogP) is 1.87. The van der Waals surface area contributed by atoms with Crippen molar-refractivity contribution in [3.8, 4) is 5.75 Å². The molecule has 2 heterocycles. The zero-order valence-electron chi connectivity index (χ0n) is 14.4. The number of carbonyl (C=O) groups excluding carboxylic acids is 1. The van der Waals surface area contributed by atoms with Crippen molar-refractivity contribution < 1.29 is 9.90 Å². The number of aromatic nitrogens is 2. The Morgan fingerprint density at radius 1 is 1.32 bits per heavy atom. The molecule has 0 atom stereocenters. The maximum Gasteiger partial charge on any atom is 0.257 e. The molecule has 1 radical (unpaired) electrons. The van der Waals surface area contributed by atoms with Gasteiger partial charge in [-0.05, 0) is 43.4 Å². The summed E-state index contributed by atoms with van der Waals surface area (Å²) < 4.78 is 0. The lowest BCUT2D eigenvalue weighted by Crippen LogP contribution is -2.34. The molecule has 1 aliphatic rings. The van der Waals surface area contributed by atoms with Gasteiger partial charge in [0.15, 0.2) is 11.4 Å². The van der Waals surface area contributed by atoms with E-state index in [0.717, 1.165) is 31.5 Å². The summed E-state index contributed by atoms with van der Waals surface area (Å²) in [5.74, 6) is 0.906. The molecule has 1 aromatic carbocycles. The minimum absolute atomic E-state index is 0.0430. The van der Waals surface area contributed by atoms with Gasteiger partial charge in [-0.25, -0.2) is 9.97 Å². The third-order valence-corrected chi connectivity index (χ3v) is 4.80. The maximum atomic E-state index is 10.9. The molecule has 1 saturated heterocycles. The second-order valence-corrected chi connectivity index (χ2v) is 6.53. The maximum absolute atomic E-state index is 10.9. The van der Waals surface area contributed by atoms with E-state index in [1.54, 1.807) is 13.2 Å². The van der Waals surface area contributed by atoms with Crippen molar-refractivity contribution in [1.82, 2.24) is 9.97 Å². The summed E-state index contributed by atoms with van der Waals surface area (Å²) >= 11 is 0. The van der Waals surface area contributed by atoms with Gasteiger partial charge >= 0.3 is 0 Å². The first-order valence-electron chi connectivity index (χ1n) is 8.59. The zero-order valence-corrected chi connectivity index (χ0v) is 14.4. The van der Waals surface area contributed by atoms with E-state index in [4.69, 9.17) is 5.73 Å². The van der Waals surface area contributed by atoms with E-state index < -0.39 is 0 Å². The molecule has 0 saturated carbocycles. The fourth-order valence-electron chi connectivity index (χ4n) is 3.32. The minimum atomic E-state index is -0.173. The molecule has 6 heteroatoms. The molecular formula is C19H23N4O2. The Morgan fingerprint density at radius 2 is 2.08 bits per heavy atom. The third kappa shape index (κ3) is 3.96. The summed E-state index contributed by atoms with van der Waals surface area (Å²) in [6.45, 7) is 4.18. The van der Waals surface area contributed by atoms with Gasteiger partial charge in [-0.15, -0.1) is 0 Å². The number of nitrogens with two attached hydrogens (primary N) is 1. The van der Waals surface area contributed by atoms with E-state index in [2.05, 4.69) is 27.0 Å². The number of aromatic hydroxyl groups is 1. The quantitative estimate of drug-likeness (QED) is 0.864. The number of rotatable bonds is 5. The van der Waals surface area contributed by atoms with Gasteiger partial charge in [0.25, 0.3) is 6.29 Å².